The minimum Gasteiger partial charge on any atom is -0.467 e. The molecule has 0 aliphatic carbocycles. The number of nitro benzene ring substituents is 1. The maximum absolute atomic E-state index is 13.0. The first-order valence-corrected chi connectivity index (χ1v) is 11.3. The molecule has 3 amide bonds. The number of esters is 1. The number of amides is 3. The summed E-state index contributed by atoms with van der Waals surface area (Å²) < 4.78 is 10.0. The number of thioether (sulfide) groups is 1. The van der Waals surface area contributed by atoms with Gasteiger partial charge in [0.05, 0.1) is 28.2 Å². The molecule has 1 heterocycles. The molecule has 11 nitrogen and oxygen atoms in total. The van der Waals surface area contributed by atoms with Gasteiger partial charge in [-0.05, 0) is 36.6 Å². The van der Waals surface area contributed by atoms with Crippen LogP contribution in [0.3, 0.4) is 0 Å². The van der Waals surface area contributed by atoms with E-state index in [2.05, 4.69) is 5.32 Å². The van der Waals surface area contributed by atoms with Gasteiger partial charge in [-0.1, -0.05) is 18.2 Å². The molecule has 2 N–H and O–H groups in total. The Bertz CT molecular complexity index is 1270. The van der Waals surface area contributed by atoms with Gasteiger partial charge in [-0.15, -0.1) is 11.8 Å². The van der Waals surface area contributed by atoms with Crippen molar-refractivity contribution >= 4 is 41.1 Å². The number of urea groups is 1. The number of carbonyl (C=O) groups is 4. The van der Waals surface area contributed by atoms with Crippen molar-refractivity contribution in [1.29, 1.82) is 0 Å². The second-order valence-electron chi connectivity index (χ2n) is 6.90. The molecule has 12 heteroatoms. The maximum Gasteiger partial charge on any atom is 0.339 e. The lowest BCUT2D eigenvalue weighted by Gasteiger charge is -2.10. The third-order valence-corrected chi connectivity index (χ3v) is 5.40. The summed E-state index contributed by atoms with van der Waals surface area (Å²) in [4.78, 5) is 60.4. The van der Waals surface area contributed by atoms with Crippen LogP contribution in [0.5, 0.6) is 0 Å². The van der Waals surface area contributed by atoms with E-state index in [9.17, 15) is 29.3 Å². The van der Waals surface area contributed by atoms with Crippen LogP contribution in [0.2, 0.25) is 0 Å². The number of hydrogen-bond donors (Lipinski definition) is 2. The van der Waals surface area contributed by atoms with Crippen LogP contribution < -0.4 is 10.6 Å². The van der Waals surface area contributed by atoms with Crippen LogP contribution >= 0.6 is 11.8 Å². The lowest BCUT2D eigenvalue weighted by molar-refractivity contribution is -0.387. The van der Waals surface area contributed by atoms with E-state index >= 15 is 0 Å². The van der Waals surface area contributed by atoms with Gasteiger partial charge < -0.3 is 14.5 Å². The molecule has 3 rings (SSSR count). The fourth-order valence-corrected chi connectivity index (χ4v) is 3.53. The first-order chi connectivity index (χ1) is 16.8. The van der Waals surface area contributed by atoms with Crippen molar-refractivity contribution in [2.75, 3.05) is 12.9 Å². The molecular formula is C23H19N3O8S. The number of furan rings is 1. The van der Waals surface area contributed by atoms with Gasteiger partial charge in [0, 0.05) is 17.2 Å². The van der Waals surface area contributed by atoms with Crippen LogP contribution in [0.4, 0.5) is 10.5 Å². The van der Waals surface area contributed by atoms with Crippen LogP contribution in [0.15, 0.2) is 70.2 Å². The lowest BCUT2D eigenvalue weighted by Crippen LogP contribution is -2.41. The predicted octanol–water partition coefficient (Wildman–Crippen LogP) is 3.32. The van der Waals surface area contributed by atoms with E-state index in [0.717, 1.165) is 6.07 Å². The van der Waals surface area contributed by atoms with E-state index in [1.165, 1.54) is 54.4 Å². The minimum atomic E-state index is -0.977. The van der Waals surface area contributed by atoms with Crippen molar-refractivity contribution in [2.24, 2.45) is 0 Å². The van der Waals surface area contributed by atoms with Gasteiger partial charge in [0.1, 0.15) is 5.76 Å². The van der Waals surface area contributed by atoms with Gasteiger partial charge >= 0.3 is 12.0 Å². The zero-order valence-electron chi connectivity index (χ0n) is 18.3. The number of hydrogen-bond acceptors (Lipinski definition) is 9. The SMILES string of the molecule is CSc1ccc(C(=O)c2ccccc2C(=O)OCC(=O)NC(=O)NCc2ccco2)cc1[N+](=O)[O-]. The Balaban J connectivity index is 1.65. The Kier molecular flexibility index (Phi) is 8.35. The van der Waals surface area contributed by atoms with Gasteiger partial charge in [-0.3, -0.25) is 25.0 Å². The number of nitro groups is 1. The molecule has 0 radical (unpaired) electrons. The average molecular weight is 497 g/mol. The van der Waals surface area contributed by atoms with Crippen LogP contribution in [-0.4, -0.2) is 41.5 Å². The van der Waals surface area contributed by atoms with Crippen molar-refractivity contribution < 1.29 is 33.3 Å². The van der Waals surface area contributed by atoms with Gasteiger partial charge in [-0.25, -0.2) is 9.59 Å². The third kappa shape index (κ3) is 6.54. The fourth-order valence-electron chi connectivity index (χ4n) is 2.98. The van der Waals surface area contributed by atoms with Crippen molar-refractivity contribution in [3.8, 4) is 0 Å². The summed E-state index contributed by atoms with van der Waals surface area (Å²) in [6.45, 7) is -0.721. The Labute approximate surface area is 203 Å². The molecule has 180 valence electrons. The molecule has 0 atom stereocenters. The van der Waals surface area contributed by atoms with Gasteiger partial charge in [0.25, 0.3) is 11.6 Å². The summed E-state index contributed by atoms with van der Waals surface area (Å²) in [5.41, 5.74) is -0.407. The molecule has 0 spiro atoms. The van der Waals surface area contributed by atoms with Crippen LogP contribution in [0.25, 0.3) is 0 Å². The molecule has 0 saturated carbocycles. The van der Waals surface area contributed by atoms with Gasteiger partial charge in [0.2, 0.25) is 0 Å². The Morgan fingerprint density at radius 2 is 1.80 bits per heavy atom. The standard InChI is InChI=1S/C23H19N3O8S/c1-35-19-9-8-14(11-18(19)26(31)32)21(28)16-6-2-3-7-17(16)22(29)34-13-20(27)25-23(30)24-12-15-5-4-10-33-15/h2-11H,12-13H2,1H3,(H2,24,25,27,30). The molecule has 2 aromatic carbocycles. The molecule has 0 aliphatic heterocycles. The highest BCUT2D eigenvalue weighted by atomic mass is 32.2. The molecule has 35 heavy (non-hydrogen) atoms. The monoisotopic (exact) mass is 497 g/mol. The molecular weight excluding hydrogens is 478 g/mol. The van der Waals surface area contributed by atoms with E-state index in [-0.39, 0.29) is 28.9 Å². The van der Waals surface area contributed by atoms with E-state index in [1.807, 2.05) is 5.32 Å². The molecule has 3 aromatic rings. The molecule has 0 fully saturated rings. The van der Waals surface area contributed by atoms with Crippen LogP contribution in [-0.2, 0) is 16.1 Å². The molecule has 0 aliphatic rings. The van der Waals surface area contributed by atoms with E-state index < -0.39 is 35.2 Å². The van der Waals surface area contributed by atoms with E-state index in [4.69, 9.17) is 9.15 Å². The summed E-state index contributed by atoms with van der Waals surface area (Å²) in [5.74, 6) is -2.01. The largest absolute Gasteiger partial charge is 0.467 e. The first kappa shape index (κ1) is 25.2. The first-order valence-electron chi connectivity index (χ1n) is 10.0. The quantitative estimate of drug-likeness (QED) is 0.149. The lowest BCUT2D eigenvalue weighted by atomic mass is 9.98. The maximum atomic E-state index is 13.0. The highest BCUT2D eigenvalue weighted by Gasteiger charge is 2.23. The summed E-state index contributed by atoms with van der Waals surface area (Å²) in [7, 11) is 0. The minimum absolute atomic E-state index is 0.0146. The summed E-state index contributed by atoms with van der Waals surface area (Å²) in [6.07, 6.45) is 3.11. The number of imide groups is 1. The topological polar surface area (TPSA) is 158 Å². The number of nitrogens with one attached hydrogen (secondary N) is 2. The number of rotatable bonds is 9. The third-order valence-electron chi connectivity index (χ3n) is 4.62. The van der Waals surface area contributed by atoms with E-state index in [1.54, 1.807) is 18.4 Å². The van der Waals surface area contributed by atoms with Crippen LogP contribution in [0.1, 0.15) is 32.0 Å². The zero-order valence-corrected chi connectivity index (χ0v) is 19.1. The smallest absolute Gasteiger partial charge is 0.339 e. The number of ether oxygens (including phenoxy) is 1. The summed E-state index contributed by atoms with van der Waals surface area (Å²) >= 11 is 1.17. The number of nitrogens with zero attached hydrogens (tertiary/aromatic N) is 1. The number of benzene rings is 2. The highest BCUT2D eigenvalue weighted by molar-refractivity contribution is 7.98. The van der Waals surface area contributed by atoms with Crippen molar-refractivity contribution in [3.05, 3.63) is 93.4 Å². The number of carbonyl (C=O) groups excluding carboxylic acids is 4. The van der Waals surface area contributed by atoms with Crippen molar-refractivity contribution in [2.45, 2.75) is 11.4 Å². The van der Waals surface area contributed by atoms with Gasteiger partial charge in [0.15, 0.2) is 12.4 Å². The number of ketones is 1. The normalized spacial score (nSPS) is 10.3. The fraction of sp³-hybridized carbons (Fsp3) is 0.130. The Morgan fingerprint density at radius 3 is 2.46 bits per heavy atom. The predicted molar refractivity (Wildman–Crippen MR) is 124 cm³/mol. The van der Waals surface area contributed by atoms with Crippen LogP contribution in [0, 0.1) is 10.1 Å². The average Bonchev–Trinajstić information content (AvgIpc) is 3.39. The molecule has 0 unspecified atom stereocenters. The molecule has 0 bridgehead atoms. The van der Waals surface area contributed by atoms with Crippen molar-refractivity contribution in [1.82, 2.24) is 10.6 Å². The van der Waals surface area contributed by atoms with Gasteiger partial charge in [-0.2, -0.15) is 0 Å². The molecule has 1 aromatic heterocycles. The summed E-state index contributed by atoms with van der Waals surface area (Å²) in [5, 5.41) is 15.7. The summed E-state index contributed by atoms with van der Waals surface area (Å²) in [6, 6.07) is 12.2. The highest BCUT2D eigenvalue weighted by Crippen LogP contribution is 2.29. The zero-order chi connectivity index (χ0) is 25.4. The second-order valence-corrected chi connectivity index (χ2v) is 7.75. The Morgan fingerprint density at radius 1 is 1.06 bits per heavy atom. The second kappa shape index (κ2) is 11.6. The van der Waals surface area contributed by atoms with E-state index in [0.29, 0.717) is 10.7 Å². The Hall–Kier alpha value is -4.45. The molecule has 0 saturated heterocycles. The van der Waals surface area contributed by atoms with Crippen molar-refractivity contribution in [3.63, 3.8) is 0 Å².